The molecule has 1 aliphatic carbocycles. The van der Waals surface area contributed by atoms with E-state index in [1.807, 2.05) is 92.1 Å². The highest BCUT2D eigenvalue weighted by atomic mass is 35.5. The third kappa shape index (κ3) is 12.2. The first-order chi connectivity index (χ1) is 33.1. The lowest BCUT2D eigenvalue weighted by Crippen LogP contribution is -2.75. The second-order valence-electron chi connectivity index (χ2n) is 20.4. The number of hydrogen-bond acceptors (Lipinski definition) is 10. The average Bonchev–Trinajstić information content (AvgIpc) is 3.94. The number of ether oxygens (including phenoxy) is 2. The minimum Gasteiger partial charge on any atom is -0.489 e. The lowest BCUT2D eigenvalue weighted by Gasteiger charge is -2.64. The van der Waals surface area contributed by atoms with Gasteiger partial charge in [-0.2, -0.15) is 0 Å². The summed E-state index contributed by atoms with van der Waals surface area (Å²) in [6.45, 7) is 24.8. The molecule has 1 unspecified atom stereocenters. The van der Waals surface area contributed by atoms with Crippen LogP contribution >= 0.6 is 22.9 Å². The topological polar surface area (TPSA) is 164 Å². The molecule has 2 fully saturated rings. The minimum absolute atomic E-state index is 0.0232. The van der Waals surface area contributed by atoms with E-state index < -0.39 is 46.2 Å². The largest absolute Gasteiger partial charge is 0.489 e. The number of aliphatic hydroxyl groups is 1. The Morgan fingerprint density at radius 2 is 1.71 bits per heavy atom. The maximum atomic E-state index is 14.1. The van der Waals surface area contributed by atoms with Crippen molar-refractivity contribution in [1.29, 1.82) is 0 Å². The van der Waals surface area contributed by atoms with Crippen molar-refractivity contribution in [3.63, 3.8) is 0 Å². The molecule has 0 radical (unpaired) electrons. The smallest absolute Gasteiger partial charge is 0.277 e. The number of amides is 4. The van der Waals surface area contributed by atoms with E-state index in [0.717, 1.165) is 33.7 Å². The maximum Gasteiger partial charge on any atom is 0.277 e. The zero-order valence-corrected chi connectivity index (χ0v) is 43.3. The van der Waals surface area contributed by atoms with Crippen molar-refractivity contribution in [2.45, 2.75) is 124 Å². The molecule has 4 aromatic rings. The zero-order valence-electron chi connectivity index (χ0n) is 41.7. The Bertz CT molecular complexity index is 2610. The number of β-amino-alcohol motifs (C(OH)–C–C–N with tert-alkyl or cyclic N) is 1. The molecule has 3 aromatic carbocycles. The molecule has 6 rings (SSSR count). The van der Waals surface area contributed by atoms with Gasteiger partial charge in [-0.3, -0.25) is 24.0 Å². The van der Waals surface area contributed by atoms with E-state index in [0.29, 0.717) is 41.5 Å². The van der Waals surface area contributed by atoms with Crippen LogP contribution in [0.4, 0.5) is 5.69 Å². The highest BCUT2D eigenvalue weighted by Crippen LogP contribution is 2.58. The summed E-state index contributed by atoms with van der Waals surface area (Å²) < 4.78 is 12.1. The third-order valence-corrected chi connectivity index (χ3v) is 14.5. The van der Waals surface area contributed by atoms with Crippen LogP contribution in [0.2, 0.25) is 5.02 Å². The molecular formula is C54H65ClN6O8S. The molecule has 2 aliphatic rings. The fraction of sp³-hybridized carbons (Fsp3) is 0.481. The van der Waals surface area contributed by atoms with Gasteiger partial charge < -0.3 is 30.1 Å². The summed E-state index contributed by atoms with van der Waals surface area (Å²) in [4.78, 5) is 70.6. The summed E-state index contributed by atoms with van der Waals surface area (Å²) in [7, 11) is 1.49. The number of halogens is 1. The van der Waals surface area contributed by atoms with Crippen LogP contribution in [0.25, 0.3) is 15.3 Å². The number of benzene rings is 3. The van der Waals surface area contributed by atoms with Gasteiger partial charge in [-0.1, -0.05) is 102 Å². The Morgan fingerprint density at radius 1 is 1.03 bits per heavy atom. The van der Waals surface area contributed by atoms with E-state index in [9.17, 15) is 24.3 Å². The van der Waals surface area contributed by atoms with Crippen LogP contribution in [-0.2, 0) is 24.0 Å². The van der Waals surface area contributed by atoms with Crippen LogP contribution in [0.5, 0.6) is 5.75 Å². The zero-order chi connectivity index (χ0) is 51.1. The minimum atomic E-state index is -0.968. The molecule has 0 spiro atoms. The number of rotatable bonds is 17. The fourth-order valence-electron chi connectivity index (χ4n) is 9.90. The molecular weight excluding hydrogens is 928 g/mol. The van der Waals surface area contributed by atoms with Crippen LogP contribution < -0.4 is 15.4 Å². The molecule has 1 saturated heterocycles. The highest BCUT2D eigenvalue weighted by molar-refractivity contribution is 7.13. The number of nitrogens with one attached hydrogen (secondary N) is 2. The molecule has 4 atom stereocenters. The number of hydroxylamine groups is 2. The van der Waals surface area contributed by atoms with E-state index in [4.69, 9.17) is 32.5 Å². The number of thiazole rings is 1. The predicted octanol–water partition coefficient (Wildman–Crippen LogP) is 9.12. The Balaban J connectivity index is 0.932. The van der Waals surface area contributed by atoms with E-state index in [2.05, 4.69) is 32.3 Å². The van der Waals surface area contributed by atoms with Crippen molar-refractivity contribution in [2.75, 3.05) is 26.9 Å². The van der Waals surface area contributed by atoms with Crippen LogP contribution in [0.1, 0.15) is 114 Å². The number of aromatic nitrogens is 1. The molecule has 2 heterocycles. The summed E-state index contributed by atoms with van der Waals surface area (Å²) in [5, 5.41) is 18.2. The summed E-state index contributed by atoms with van der Waals surface area (Å²) >= 11 is 7.84. The second-order valence-corrected chi connectivity index (χ2v) is 21.6. The summed E-state index contributed by atoms with van der Waals surface area (Å²) in [5.41, 5.74) is 4.57. The van der Waals surface area contributed by atoms with Gasteiger partial charge in [-0.05, 0) is 79.6 Å². The van der Waals surface area contributed by atoms with E-state index in [1.165, 1.54) is 17.1 Å². The van der Waals surface area contributed by atoms with Gasteiger partial charge in [-0.25, -0.2) is 14.9 Å². The summed E-state index contributed by atoms with van der Waals surface area (Å²) in [6.07, 6.45) is 0.898. The molecule has 3 N–H and O–H groups in total. The maximum absolute atomic E-state index is 14.1. The van der Waals surface area contributed by atoms with Crippen LogP contribution in [0.3, 0.4) is 0 Å². The SMILES string of the molecule is [C-]#[N+]c1ccc(OC2C(C)(C)C(N(OC)C(=O)c3ccc(C#CCCCCOCC(=O)N[C@H](C(=O)N4C[C@H](O)CC4C(=O)N[C@@H](C)c4ccc(-c5scnc5C)cc4)C(C)(C)C)cc3)C2(C)C)cc1Cl. The van der Waals surface area contributed by atoms with Gasteiger partial charge in [-0.15, -0.1) is 11.3 Å². The molecule has 0 bridgehead atoms. The number of unbranched alkanes of at least 4 members (excludes halogenated alkanes) is 2. The van der Waals surface area contributed by atoms with Gasteiger partial charge in [0.15, 0.2) is 0 Å². The standard InChI is InChI=1S/C54H65ClN6O8S/c1-33(36-21-23-37(24-22-36)45-34(2)57-32-70-45)58-47(64)43-28-39(62)30-60(43)49(66)46(52(3,4)5)59-44(63)31-68-27-15-13-12-14-16-35-17-19-38(20-18-35)48(65)61(67-11)50-53(6,7)51(54(50,8)9)69-40-25-26-42(56-10)41(55)29-40/h17-26,29,32-33,39,43,46,50-51,62H,12-13,15,27-28,30-31H2,1-9,11H3,(H,58,64)(H,59,63)/t33-,39+,43?,46+,50?,51?/m0/s1. The van der Waals surface area contributed by atoms with E-state index in [1.54, 1.807) is 53.8 Å². The fourth-order valence-corrected chi connectivity index (χ4v) is 10.9. The Hall–Kier alpha value is -5.81. The normalized spacial score (nSPS) is 19.9. The lowest BCUT2D eigenvalue weighted by atomic mass is 9.49. The number of carbonyl (C=O) groups is 4. The van der Waals surface area contributed by atoms with Crippen molar-refractivity contribution in [1.82, 2.24) is 25.6 Å². The van der Waals surface area contributed by atoms with Crippen molar-refractivity contribution in [3.8, 4) is 28.0 Å². The monoisotopic (exact) mass is 992 g/mol. The van der Waals surface area contributed by atoms with Gasteiger partial charge in [0.1, 0.15) is 30.5 Å². The number of carbonyl (C=O) groups excluding carboxylic acids is 4. The van der Waals surface area contributed by atoms with E-state index in [-0.39, 0.29) is 49.6 Å². The van der Waals surface area contributed by atoms with Gasteiger partial charge in [0.05, 0.1) is 53.0 Å². The first-order valence-corrected chi connectivity index (χ1v) is 24.8. The van der Waals surface area contributed by atoms with Crippen LogP contribution in [0, 0.1) is 41.6 Å². The second kappa shape index (κ2) is 22.5. The molecule has 1 aromatic heterocycles. The van der Waals surface area contributed by atoms with Gasteiger partial charge in [0.25, 0.3) is 5.91 Å². The summed E-state index contributed by atoms with van der Waals surface area (Å²) in [6, 6.07) is 17.5. The first kappa shape index (κ1) is 53.5. The Labute approximate surface area is 421 Å². The van der Waals surface area contributed by atoms with E-state index >= 15 is 0 Å². The number of aliphatic hydroxyl groups excluding tert-OH is 1. The third-order valence-electron chi connectivity index (χ3n) is 13.2. The van der Waals surface area contributed by atoms with Gasteiger partial charge in [0.2, 0.25) is 23.4 Å². The molecule has 372 valence electrons. The molecule has 1 saturated carbocycles. The van der Waals surface area contributed by atoms with Gasteiger partial charge >= 0.3 is 0 Å². The lowest BCUT2D eigenvalue weighted by molar-refractivity contribution is -0.273. The number of nitrogens with zero attached hydrogens (tertiary/aromatic N) is 4. The Morgan fingerprint density at radius 3 is 2.31 bits per heavy atom. The van der Waals surface area contributed by atoms with Crippen molar-refractivity contribution in [3.05, 3.63) is 111 Å². The number of likely N-dealkylation sites (tertiary alicyclic amines) is 1. The molecule has 1 aliphatic heterocycles. The predicted molar refractivity (Wildman–Crippen MR) is 271 cm³/mol. The molecule has 4 amide bonds. The highest BCUT2D eigenvalue weighted by Gasteiger charge is 2.67. The number of hydrogen-bond donors (Lipinski definition) is 3. The molecule has 14 nitrogen and oxygen atoms in total. The average molecular weight is 994 g/mol. The van der Waals surface area contributed by atoms with Crippen molar-refractivity contribution in [2.24, 2.45) is 16.2 Å². The number of aryl methyl sites for hydroxylation is 1. The first-order valence-electron chi connectivity index (χ1n) is 23.5. The summed E-state index contributed by atoms with van der Waals surface area (Å²) in [5.74, 6) is 5.31. The van der Waals surface area contributed by atoms with Gasteiger partial charge in [0, 0.05) is 48.0 Å². The molecule has 70 heavy (non-hydrogen) atoms. The molecule has 16 heteroatoms. The van der Waals surface area contributed by atoms with Crippen molar-refractivity contribution >= 4 is 52.3 Å². The van der Waals surface area contributed by atoms with Crippen molar-refractivity contribution < 1.29 is 38.6 Å². The van der Waals surface area contributed by atoms with Crippen LogP contribution in [-0.4, -0.2) is 101 Å². The Kier molecular flexibility index (Phi) is 17.2. The quantitative estimate of drug-likeness (QED) is 0.0405. The van der Waals surface area contributed by atoms with Crippen LogP contribution in [0.15, 0.2) is 72.2 Å².